The van der Waals surface area contributed by atoms with E-state index in [1.165, 1.54) is 25.3 Å². The van der Waals surface area contributed by atoms with E-state index in [0.717, 1.165) is 15.2 Å². The third-order valence-corrected chi connectivity index (χ3v) is 4.46. The van der Waals surface area contributed by atoms with E-state index in [9.17, 15) is 9.18 Å². The number of carbonyl (C=O) groups excluding carboxylic acids is 1. The highest BCUT2D eigenvalue weighted by Gasteiger charge is 2.13. The zero-order chi connectivity index (χ0) is 16.2. The summed E-state index contributed by atoms with van der Waals surface area (Å²) < 4.78 is 19.5. The van der Waals surface area contributed by atoms with Crippen LogP contribution in [0.4, 0.5) is 4.39 Å². The van der Waals surface area contributed by atoms with Crippen LogP contribution in [0.1, 0.15) is 15.4 Å². The maximum absolute atomic E-state index is 13.3. The highest BCUT2D eigenvalue weighted by atomic mass is 32.1. The molecule has 0 unspecified atom stereocenters. The van der Waals surface area contributed by atoms with Crippen molar-refractivity contribution in [3.05, 3.63) is 58.9 Å². The van der Waals surface area contributed by atoms with E-state index >= 15 is 0 Å². The molecule has 0 radical (unpaired) electrons. The number of aromatic nitrogens is 1. The number of ether oxygens (including phenoxy) is 1. The standard InChI is InChI=1S/C17H15FN2O2S/c1-22-14-7-6-11(18)10-12(14)17(21)19-9-8-16-20-13-4-2-3-5-15(13)23-16/h2-7,10H,8-9H2,1H3,(H,19,21). The van der Waals surface area contributed by atoms with Gasteiger partial charge in [-0.3, -0.25) is 4.79 Å². The number of fused-ring (bicyclic) bond motifs is 1. The number of methoxy groups -OCH3 is 1. The third kappa shape index (κ3) is 3.48. The van der Waals surface area contributed by atoms with Crippen LogP contribution in [0, 0.1) is 5.82 Å². The molecule has 0 atom stereocenters. The van der Waals surface area contributed by atoms with Crippen LogP contribution in [-0.2, 0) is 6.42 Å². The van der Waals surface area contributed by atoms with E-state index in [4.69, 9.17) is 4.74 Å². The first-order valence-corrected chi connectivity index (χ1v) is 7.95. The fourth-order valence-corrected chi connectivity index (χ4v) is 3.23. The van der Waals surface area contributed by atoms with Crippen molar-refractivity contribution in [3.8, 4) is 5.75 Å². The minimum Gasteiger partial charge on any atom is -0.496 e. The predicted molar refractivity (Wildman–Crippen MR) is 88.6 cm³/mol. The van der Waals surface area contributed by atoms with Crippen molar-refractivity contribution in [2.75, 3.05) is 13.7 Å². The maximum atomic E-state index is 13.3. The van der Waals surface area contributed by atoms with Gasteiger partial charge in [0.2, 0.25) is 0 Å². The highest BCUT2D eigenvalue weighted by molar-refractivity contribution is 7.18. The first-order chi connectivity index (χ1) is 11.2. The monoisotopic (exact) mass is 330 g/mol. The number of thiazole rings is 1. The van der Waals surface area contributed by atoms with Gasteiger partial charge in [-0.15, -0.1) is 11.3 Å². The Balaban J connectivity index is 1.64. The summed E-state index contributed by atoms with van der Waals surface area (Å²) in [4.78, 5) is 16.7. The molecule has 23 heavy (non-hydrogen) atoms. The molecule has 3 aromatic rings. The second-order valence-corrected chi connectivity index (χ2v) is 6.04. The SMILES string of the molecule is COc1ccc(F)cc1C(=O)NCCc1nc2ccccc2s1. The topological polar surface area (TPSA) is 51.2 Å². The Morgan fingerprint density at radius 2 is 2.13 bits per heavy atom. The molecular formula is C17H15FN2O2S. The molecule has 6 heteroatoms. The number of benzene rings is 2. The van der Waals surface area contributed by atoms with E-state index in [1.54, 1.807) is 11.3 Å². The minimum absolute atomic E-state index is 0.191. The van der Waals surface area contributed by atoms with Crippen LogP contribution >= 0.6 is 11.3 Å². The van der Waals surface area contributed by atoms with Gasteiger partial charge in [0.25, 0.3) is 5.91 Å². The summed E-state index contributed by atoms with van der Waals surface area (Å²) >= 11 is 1.61. The van der Waals surface area contributed by atoms with Crippen molar-refractivity contribution >= 4 is 27.5 Å². The fraction of sp³-hybridized carbons (Fsp3) is 0.176. The molecule has 3 rings (SSSR count). The lowest BCUT2D eigenvalue weighted by molar-refractivity contribution is 0.0950. The maximum Gasteiger partial charge on any atom is 0.255 e. The minimum atomic E-state index is -0.470. The molecule has 1 amide bonds. The van der Waals surface area contributed by atoms with Crippen LogP contribution in [0.5, 0.6) is 5.75 Å². The van der Waals surface area contributed by atoms with Gasteiger partial charge in [-0.25, -0.2) is 9.37 Å². The van der Waals surface area contributed by atoms with Gasteiger partial charge in [0, 0.05) is 13.0 Å². The molecule has 4 nitrogen and oxygen atoms in total. The average Bonchev–Trinajstić information content (AvgIpc) is 2.97. The molecule has 1 aromatic heterocycles. The molecule has 1 N–H and O–H groups in total. The number of hydrogen-bond acceptors (Lipinski definition) is 4. The lowest BCUT2D eigenvalue weighted by atomic mass is 10.2. The van der Waals surface area contributed by atoms with E-state index in [2.05, 4.69) is 10.3 Å². The summed E-state index contributed by atoms with van der Waals surface area (Å²) in [6, 6.07) is 11.8. The highest BCUT2D eigenvalue weighted by Crippen LogP contribution is 2.22. The Kier molecular flexibility index (Phi) is 4.52. The first-order valence-electron chi connectivity index (χ1n) is 7.13. The fourth-order valence-electron chi connectivity index (χ4n) is 2.26. The normalized spacial score (nSPS) is 10.7. The van der Waals surface area contributed by atoms with Gasteiger partial charge in [-0.05, 0) is 30.3 Å². The van der Waals surface area contributed by atoms with E-state index in [-0.39, 0.29) is 11.5 Å². The Morgan fingerprint density at radius 1 is 1.30 bits per heavy atom. The Labute approximate surface area is 136 Å². The van der Waals surface area contributed by atoms with Crippen molar-refractivity contribution in [1.82, 2.24) is 10.3 Å². The number of halogens is 1. The number of carbonyl (C=O) groups is 1. The van der Waals surface area contributed by atoms with Crippen LogP contribution in [0.2, 0.25) is 0 Å². The number of hydrogen-bond donors (Lipinski definition) is 1. The summed E-state index contributed by atoms with van der Waals surface area (Å²) in [5.74, 6) is -0.478. The average molecular weight is 330 g/mol. The van der Waals surface area contributed by atoms with Gasteiger partial charge < -0.3 is 10.1 Å². The summed E-state index contributed by atoms with van der Waals surface area (Å²) in [5, 5.41) is 3.73. The van der Waals surface area contributed by atoms with Crippen molar-refractivity contribution in [2.24, 2.45) is 0 Å². The van der Waals surface area contributed by atoms with E-state index < -0.39 is 5.82 Å². The molecule has 2 aromatic carbocycles. The number of rotatable bonds is 5. The first kappa shape index (κ1) is 15.4. The molecule has 118 valence electrons. The number of nitrogens with one attached hydrogen (secondary N) is 1. The molecule has 0 aliphatic carbocycles. The molecule has 0 aliphatic heterocycles. The number of para-hydroxylation sites is 1. The Hall–Kier alpha value is -2.47. The quantitative estimate of drug-likeness (QED) is 0.780. The zero-order valence-corrected chi connectivity index (χ0v) is 13.3. The van der Waals surface area contributed by atoms with Crippen LogP contribution in [0.3, 0.4) is 0 Å². The van der Waals surface area contributed by atoms with Gasteiger partial charge in [-0.2, -0.15) is 0 Å². The molecule has 0 fully saturated rings. The van der Waals surface area contributed by atoms with E-state index in [0.29, 0.717) is 18.7 Å². The molecule has 0 spiro atoms. The molecule has 1 heterocycles. The van der Waals surface area contributed by atoms with Crippen LogP contribution in [0.15, 0.2) is 42.5 Å². The van der Waals surface area contributed by atoms with Crippen molar-refractivity contribution in [2.45, 2.75) is 6.42 Å². The number of amides is 1. The van der Waals surface area contributed by atoms with Crippen LogP contribution < -0.4 is 10.1 Å². The molecule has 0 saturated carbocycles. The van der Waals surface area contributed by atoms with Gasteiger partial charge in [0.1, 0.15) is 11.6 Å². The summed E-state index contributed by atoms with van der Waals surface area (Å²) in [6.45, 7) is 0.429. The molecular weight excluding hydrogens is 315 g/mol. The molecule has 0 aliphatic rings. The van der Waals surface area contributed by atoms with Gasteiger partial charge in [0.05, 0.1) is 27.9 Å². The summed E-state index contributed by atoms with van der Waals surface area (Å²) in [6.07, 6.45) is 0.628. The smallest absolute Gasteiger partial charge is 0.255 e. The van der Waals surface area contributed by atoms with Gasteiger partial charge in [-0.1, -0.05) is 12.1 Å². The number of nitrogens with zero attached hydrogens (tertiary/aromatic N) is 1. The lowest BCUT2D eigenvalue weighted by Gasteiger charge is -2.08. The van der Waals surface area contributed by atoms with Gasteiger partial charge in [0.15, 0.2) is 0 Å². The Morgan fingerprint density at radius 3 is 2.91 bits per heavy atom. The second kappa shape index (κ2) is 6.75. The molecule has 0 bridgehead atoms. The largest absolute Gasteiger partial charge is 0.496 e. The van der Waals surface area contributed by atoms with Crippen LogP contribution in [-0.4, -0.2) is 24.5 Å². The lowest BCUT2D eigenvalue weighted by Crippen LogP contribution is -2.26. The van der Waals surface area contributed by atoms with Crippen molar-refractivity contribution in [3.63, 3.8) is 0 Å². The second-order valence-electron chi connectivity index (χ2n) is 4.93. The summed E-state index contributed by atoms with van der Waals surface area (Å²) in [7, 11) is 1.45. The third-order valence-electron chi connectivity index (χ3n) is 3.37. The van der Waals surface area contributed by atoms with E-state index in [1.807, 2.05) is 24.3 Å². The van der Waals surface area contributed by atoms with Crippen LogP contribution in [0.25, 0.3) is 10.2 Å². The summed E-state index contributed by atoms with van der Waals surface area (Å²) in [5.41, 5.74) is 1.16. The van der Waals surface area contributed by atoms with Gasteiger partial charge >= 0.3 is 0 Å². The Bertz CT molecular complexity index is 814. The predicted octanol–water partition coefficient (Wildman–Crippen LogP) is 3.42. The van der Waals surface area contributed by atoms with Crippen molar-refractivity contribution in [1.29, 1.82) is 0 Å². The zero-order valence-electron chi connectivity index (χ0n) is 12.5. The molecule has 0 saturated heterocycles. The van der Waals surface area contributed by atoms with Crippen molar-refractivity contribution < 1.29 is 13.9 Å².